The number of hydrogen-bond donors (Lipinski definition) is 2. The molecule has 0 aliphatic rings. The van der Waals surface area contributed by atoms with E-state index in [4.69, 9.17) is 20.3 Å². The number of aliphatic hydroxyl groups excluding tert-OH is 1. The van der Waals surface area contributed by atoms with Crippen LogP contribution >= 0.6 is 0 Å². The van der Waals surface area contributed by atoms with E-state index in [1.54, 1.807) is 0 Å². The molecule has 0 radical (unpaired) electrons. The highest BCUT2D eigenvalue weighted by Crippen LogP contribution is 1.95. The fourth-order valence-corrected chi connectivity index (χ4v) is 0.583. The molecule has 0 unspecified atom stereocenters. The van der Waals surface area contributed by atoms with E-state index in [-0.39, 0.29) is 13.1 Å². The standard InChI is InChI=1S/C7H8O.CHN.CH2O2/c8-6-7-4-2-1-3-5-7;1-2;2-1-3/h1-5,8H,6H2;1H;1H,(H,2,3). The van der Waals surface area contributed by atoms with E-state index in [0.29, 0.717) is 0 Å². The first-order valence-corrected chi connectivity index (χ1v) is 3.33. The molecule has 0 aliphatic carbocycles. The van der Waals surface area contributed by atoms with Gasteiger partial charge in [-0.15, -0.1) is 0 Å². The molecule has 4 nitrogen and oxygen atoms in total. The monoisotopic (exact) mass is 181 g/mol. The molecular formula is C9H11NO3. The minimum Gasteiger partial charge on any atom is -0.483 e. The molecule has 0 amide bonds. The van der Waals surface area contributed by atoms with E-state index in [1.165, 1.54) is 0 Å². The zero-order valence-electron chi connectivity index (χ0n) is 7.00. The van der Waals surface area contributed by atoms with Gasteiger partial charge in [0.05, 0.1) is 6.61 Å². The second kappa shape index (κ2) is 12.8. The smallest absolute Gasteiger partial charge is 0.290 e. The molecule has 0 aliphatic heterocycles. The molecule has 70 valence electrons. The minimum absolute atomic E-state index is 0.140. The van der Waals surface area contributed by atoms with E-state index >= 15 is 0 Å². The van der Waals surface area contributed by atoms with E-state index < -0.39 is 0 Å². The van der Waals surface area contributed by atoms with Crippen LogP contribution in [0.4, 0.5) is 0 Å². The molecule has 0 spiro atoms. The topological polar surface area (TPSA) is 81.3 Å². The van der Waals surface area contributed by atoms with Crippen LogP contribution < -0.4 is 0 Å². The summed E-state index contributed by atoms with van der Waals surface area (Å²) in [6.07, 6.45) is 0. The third-order valence-corrected chi connectivity index (χ3v) is 1.03. The van der Waals surface area contributed by atoms with Crippen molar-refractivity contribution in [3.05, 3.63) is 35.9 Å². The molecule has 0 heterocycles. The summed E-state index contributed by atoms with van der Waals surface area (Å²) in [7, 11) is 0. The van der Waals surface area contributed by atoms with Crippen LogP contribution in [-0.4, -0.2) is 16.7 Å². The fraction of sp³-hybridized carbons (Fsp3) is 0.111. The van der Waals surface area contributed by atoms with Crippen molar-refractivity contribution in [3.8, 4) is 6.57 Å². The van der Waals surface area contributed by atoms with Gasteiger partial charge >= 0.3 is 0 Å². The van der Waals surface area contributed by atoms with Crippen molar-refractivity contribution in [1.82, 2.24) is 0 Å². The highest BCUT2D eigenvalue weighted by atomic mass is 16.3. The zero-order chi connectivity index (χ0) is 10.5. The molecule has 0 aromatic heterocycles. The number of hydrogen-bond acceptors (Lipinski definition) is 3. The highest BCUT2D eigenvalue weighted by Gasteiger charge is 1.81. The molecule has 0 atom stereocenters. The normalized spacial score (nSPS) is 6.69. The molecule has 1 aromatic carbocycles. The van der Waals surface area contributed by atoms with E-state index in [9.17, 15) is 0 Å². The highest BCUT2D eigenvalue weighted by molar-refractivity contribution is 5.32. The second-order valence-corrected chi connectivity index (χ2v) is 1.75. The van der Waals surface area contributed by atoms with Gasteiger partial charge in [0, 0.05) is 6.57 Å². The van der Waals surface area contributed by atoms with Crippen molar-refractivity contribution in [3.63, 3.8) is 0 Å². The predicted octanol–water partition coefficient (Wildman–Crippen LogP) is 1.02. The Hall–Kier alpha value is -1.86. The van der Waals surface area contributed by atoms with Crippen LogP contribution in [-0.2, 0) is 11.4 Å². The Kier molecular flexibility index (Phi) is 13.5. The summed E-state index contributed by atoms with van der Waals surface area (Å²) in [5.74, 6) is 0. The van der Waals surface area contributed by atoms with Crippen molar-refractivity contribution < 1.29 is 15.0 Å². The Labute approximate surface area is 76.7 Å². The summed E-state index contributed by atoms with van der Waals surface area (Å²) in [5, 5.41) is 21.9. The Morgan fingerprint density at radius 1 is 1.31 bits per heavy atom. The maximum Gasteiger partial charge on any atom is 0.290 e. The van der Waals surface area contributed by atoms with Gasteiger partial charge in [0.2, 0.25) is 0 Å². The Morgan fingerprint density at radius 3 is 1.92 bits per heavy atom. The van der Waals surface area contributed by atoms with Gasteiger partial charge in [-0.2, -0.15) is 0 Å². The minimum atomic E-state index is -0.250. The summed E-state index contributed by atoms with van der Waals surface area (Å²) < 4.78 is 0. The number of carboxylic acid groups (broad SMARTS) is 1. The van der Waals surface area contributed by atoms with Gasteiger partial charge in [0.25, 0.3) is 6.47 Å². The summed E-state index contributed by atoms with van der Waals surface area (Å²) in [5.41, 5.74) is 0.965. The third kappa shape index (κ3) is 10.1. The zero-order valence-corrected chi connectivity index (χ0v) is 7.00. The molecular weight excluding hydrogens is 170 g/mol. The number of nitriles is 1. The first-order chi connectivity index (χ1) is 6.35. The van der Waals surface area contributed by atoms with Gasteiger partial charge in [-0.25, -0.2) is 5.26 Å². The summed E-state index contributed by atoms with van der Waals surface area (Å²) in [6, 6.07) is 9.52. The summed E-state index contributed by atoms with van der Waals surface area (Å²) in [6.45, 7) is 3.39. The van der Waals surface area contributed by atoms with Crippen molar-refractivity contribution in [1.29, 1.82) is 5.26 Å². The molecule has 0 bridgehead atoms. The number of benzene rings is 1. The molecule has 1 rings (SSSR count). The molecule has 1 aromatic rings. The average Bonchev–Trinajstić information content (AvgIpc) is 2.23. The SMILES string of the molecule is C#N.O=CO.OCc1ccccc1. The first-order valence-electron chi connectivity index (χ1n) is 3.33. The fourth-order valence-electron chi connectivity index (χ4n) is 0.583. The second-order valence-electron chi connectivity index (χ2n) is 1.75. The van der Waals surface area contributed by atoms with Gasteiger partial charge in [0.1, 0.15) is 0 Å². The Morgan fingerprint density at radius 2 is 1.69 bits per heavy atom. The van der Waals surface area contributed by atoms with Crippen LogP contribution in [0, 0.1) is 11.8 Å². The molecule has 0 saturated heterocycles. The molecule has 0 saturated carbocycles. The van der Waals surface area contributed by atoms with E-state index in [1.807, 2.05) is 30.3 Å². The van der Waals surface area contributed by atoms with E-state index in [0.717, 1.165) is 5.56 Å². The van der Waals surface area contributed by atoms with Crippen molar-refractivity contribution in [2.24, 2.45) is 0 Å². The maximum atomic E-state index is 8.54. The Balaban J connectivity index is 0. The lowest BCUT2D eigenvalue weighted by Crippen LogP contribution is -1.77. The van der Waals surface area contributed by atoms with Crippen molar-refractivity contribution in [2.75, 3.05) is 0 Å². The number of carbonyl (C=O) groups is 1. The molecule has 2 N–H and O–H groups in total. The maximum absolute atomic E-state index is 8.54. The number of nitrogens with zero attached hydrogens (tertiary/aromatic N) is 1. The Bertz CT molecular complexity index is 221. The summed E-state index contributed by atoms with van der Waals surface area (Å²) in [4.78, 5) is 8.36. The van der Waals surface area contributed by atoms with E-state index in [2.05, 4.69) is 6.57 Å². The quantitative estimate of drug-likeness (QED) is 0.634. The van der Waals surface area contributed by atoms with Gasteiger partial charge in [-0.05, 0) is 5.56 Å². The van der Waals surface area contributed by atoms with Crippen LogP contribution in [0.15, 0.2) is 30.3 Å². The van der Waals surface area contributed by atoms with Crippen LogP contribution in [0.5, 0.6) is 0 Å². The van der Waals surface area contributed by atoms with Crippen molar-refractivity contribution >= 4 is 6.47 Å². The largest absolute Gasteiger partial charge is 0.483 e. The molecule has 4 heteroatoms. The number of aliphatic hydroxyl groups is 1. The number of rotatable bonds is 1. The van der Waals surface area contributed by atoms with Crippen LogP contribution in [0.25, 0.3) is 0 Å². The van der Waals surface area contributed by atoms with Crippen LogP contribution in [0.3, 0.4) is 0 Å². The van der Waals surface area contributed by atoms with Gasteiger partial charge in [-0.1, -0.05) is 30.3 Å². The van der Waals surface area contributed by atoms with Gasteiger partial charge in [-0.3, -0.25) is 4.79 Å². The van der Waals surface area contributed by atoms with Crippen LogP contribution in [0.1, 0.15) is 5.56 Å². The lowest BCUT2D eigenvalue weighted by Gasteiger charge is -1.89. The first kappa shape index (κ1) is 13.7. The van der Waals surface area contributed by atoms with Crippen molar-refractivity contribution in [2.45, 2.75) is 6.61 Å². The predicted molar refractivity (Wildman–Crippen MR) is 47.7 cm³/mol. The van der Waals surface area contributed by atoms with Gasteiger partial charge < -0.3 is 10.2 Å². The summed E-state index contributed by atoms with van der Waals surface area (Å²) >= 11 is 0. The molecule has 13 heavy (non-hydrogen) atoms. The average molecular weight is 181 g/mol. The third-order valence-electron chi connectivity index (χ3n) is 1.03. The van der Waals surface area contributed by atoms with Crippen LogP contribution in [0.2, 0.25) is 0 Å². The lowest BCUT2D eigenvalue weighted by atomic mass is 10.2. The molecule has 0 fully saturated rings. The lowest BCUT2D eigenvalue weighted by molar-refractivity contribution is -0.122. The van der Waals surface area contributed by atoms with Gasteiger partial charge in [0.15, 0.2) is 0 Å².